The molecule has 0 unspecified atom stereocenters. The number of imide groups is 1. The van der Waals surface area contributed by atoms with Crippen molar-refractivity contribution >= 4 is 23.2 Å². The molecule has 2 N–H and O–H groups in total. The van der Waals surface area contributed by atoms with Gasteiger partial charge in [-0.1, -0.05) is 24.3 Å². The molecule has 3 atom stereocenters. The SMILES string of the molecule is O=C1[C@@H]2[C@@H](ON(c3ccccc3)[C@H]2c2ccc(O)c(O)c2)C(=O)N1c1ccc(F)cc1. The lowest BCUT2D eigenvalue weighted by Crippen LogP contribution is -2.37. The lowest BCUT2D eigenvalue weighted by molar-refractivity contribution is -0.126. The van der Waals surface area contributed by atoms with Crippen LogP contribution in [0.2, 0.25) is 0 Å². The van der Waals surface area contributed by atoms with E-state index in [0.717, 1.165) is 4.90 Å². The first kappa shape index (κ1) is 19.1. The molecule has 2 amide bonds. The number of benzene rings is 3. The number of fused-ring (bicyclic) bond motifs is 1. The Morgan fingerprint density at radius 2 is 1.52 bits per heavy atom. The molecule has 0 radical (unpaired) electrons. The summed E-state index contributed by atoms with van der Waals surface area (Å²) in [5.74, 6) is -3.06. The van der Waals surface area contributed by atoms with Crippen molar-refractivity contribution in [3.63, 3.8) is 0 Å². The topological polar surface area (TPSA) is 90.3 Å². The summed E-state index contributed by atoms with van der Waals surface area (Å²) in [5, 5.41) is 21.2. The molecule has 31 heavy (non-hydrogen) atoms. The Hall–Kier alpha value is -3.91. The zero-order chi connectivity index (χ0) is 21.7. The smallest absolute Gasteiger partial charge is 0.266 e. The maximum atomic E-state index is 13.4. The Bertz CT molecular complexity index is 1170. The number of amides is 2. The normalized spacial score (nSPS) is 22.8. The van der Waals surface area contributed by atoms with Crippen LogP contribution >= 0.6 is 0 Å². The molecule has 156 valence electrons. The second-order valence-electron chi connectivity index (χ2n) is 7.39. The third-order valence-corrected chi connectivity index (χ3v) is 5.55. The summed E-state index contributed by atoms with van der Waals surface area (Å²) in [6, 6.07) is 17.6. The summed E-state index contributed by atoms with van der Waals surface area (Å²) in [6.07, 6.45) is -1.08. The largest absolute Gasteiger partial charge is 0.504 e. The molecule has 5 rings (SSSR count). The van der Waals surface area contributed by atoms with Gasteiger partial charge in [-0.2, -0.15) is 0 Å². The van der Waals surface area contributed by atoms with Crippen LogP contribution in [0.1, 0.15) is 11.6 Å². The van der Waals surface area contributed by atoms with Crippen molar-refractivity contribution in [2.24, 2.45) is 5.92 Å². The number of anilines is 2. The molecule has 2 aliphatic rings. The number of para-hydroxylation sites is 1. The highest BCUT2D eigenvalue weighted by atomic mass is 19.1. The maximum Gasteiger partial charge on any atom is 0.266 e. The fourth-order valence-electron chi connectivity index (χ4n) is 4.12. The molecule has 3 aromatic carbocycles. The molecule has 8 heteroatoms. The van der Waals surface area contributed by atoms with Gasteiger partial charge in [0.05, 0.1) is 17.4 Å². The molecule has 2 fully saturated rings. The number of hydrogen-bond acceptors (Lipinski definition) is 6. The van der Waals surface area contributed by atoms with Gasteiger partial charge in [0.2, 0.25) is 5.91 Å². The maximum absolute atomic E-state index is 13.4. The minimum absolute atomic E-state index is 0.257. The fourth-order valence-corrected chi connectivity index (χ4v) is 4.12. The molecule has 0 aromatic heterocycles. The summed E-state index contributed by atoms with van der Waals surface area (Å²) in [6.45, 7) is 0. The van der Waals surface area contributed by atoms with E-state index in [0.29, 0.717) is 11.3 Å². The summed E-state index contributed by atoms with van der Waals surface area (Å²) in [7, 11) is 0. The van der Waals surface area contributed by atoms with Crippen molar-refractivity contribution in [1.29, 1.82) is 0 Å². The van der Waals surface area contributed by atoms with Crippen molar-refractivity contribution < 1.29 is 29.0 Å². The van der Waals surface area contributed by atoms with Gasteiger partial charge in [-0.05, 0) is 54.1 Å². The first-order valence-corrected chi connectivity index (χ1v) is 9.62. The van der Waals surface area contributed by atoms with Gasteiger partial charge in [-0.25, -0.2) is 14.4 Å². The zero-order valence-corrected chi connectivity index (χ0v) is 16.1. The van der Waals surface area contributed by atoms with E-state index in [2.05, 4.69) is 0 Å². The molecule has 0 saturated carbocycles. The van der Waals surface area contributed by atoms with E-state index < -0.39 is 35.7 Å². The van der Waals surface area contributed by atoms with Crippen molar-refractivity contribution in [1.82, 2.24) is 0 Å². The van der Waals surface area contributed by atoms with Gasteiger partial charge < -0.3 is 10.2 Å². The predicted octanol–water partition coefficient (Wildman–Crippen LogP) is 3.29. The Morgan fingerprint density at radius 1 is 0.806 bits per heavy atom. The molecule has 0 bridgehead atoms. The summed E-state index contributed by atoms with van der Waals surface area (Å²) in [4.78, 5) is 33.5. The number of nitrogens with zero attached hydrogens (tertiary/aromatic N) is 2. The zero-order valence-electron chi connectivity index (χ0n) is 16.1. The van der Waals surface area contributed by atoms with Crippen molar-refractivity contribution in [3.8, 4) is 11.5 Å². The second kappa shape index (κ2) is 7.10. The van der Waals surface area contributed by atoms with Gasteiger partial charge in [-0.15, -0.1) is 0 Å². The number of phenols is 2. The van der Waals surface area contributed by atoms with Gasteiger partial charge in [-0.3, -0.25) is 14.4 Å². The summed E-state index contributed by atoms with van der Waals surface area (Å²) < 4.78 is 13.3. The van der Waals surface area contributed by atoms with Crippen LogP contribution in [0.15, 0.2) is 72.8 Å². The van der Waals surface area contributed by atoms with Crippen LogP contribution < -0.4 is 9.96 Å². The van der Waals surface area contributed by atoms with Gasteiger partial charge in [0, 0.05) is 0 Å². The molecular weight excluding hydrogens is 403 g/mol. The highest BCUT2D eigenvalue weighted by Crippen LogP contribution is 2.48. The molecule has 0 spiro atoms. The van der Waals surface area contributed by atoms with E-state index in [-0.39, 0.29) is 17.2 Å². The first-order valence-electron chi connectivity index (χ1n) is 9.62. The standard InChI is InChI=1S/C23H17FN2O5/c24-14-7-9-15(10-8-14)25-22(29)19-20(13-6-11-17(27)18(28)12-13)26(31-21(19)23(25)30)16-4-2-1-3-5-16/h1-12,19-21,27-28H/t19-,20-,21+/m0/s1. The quantitative estimate of drug-likeness (QED) is 0.499. The van der Waals surface area contributed by atoms with Gasteiger partial charge >= 0.3 is 0 Å². The van der Waals surface area contributed by atoms with Crippen LogP contribution in [0.5, 0.6) is 11.5 Å². The van der Waals surface area contributed by atoms with Crippen molar-refractivity contribution in [2.75, 3.05) is 9.96 Å². The number of hydroxylamine groups is 1. The Balaban J connectivity index is 1.60. The Morgan fingerprint density at radius 3 is 2.19 bits per heavy atom. The number of carbonyl (C=O) groups is 2. The number of hydrogen-bond donors (Lipinski definition) is 2. The number of rotatable bonds is 3. The number of phenolic OH excluding ortho intramolecular Hbond substituents is 2. The van der Waals surface area contributed by atoms with Gasteiger partial charge in [0.15, 0.2) is 17.6 Å². The summed E-state index contributed by atoms with van der Waals surface area (Å²) >= 11 is 0. The lowest BCUT2D eigenvalue weighted by Gasteiger charge is -2.28. The monoisotopic (exact) mass is 420 g/mol. The van der Waals surface area contributed by atoms with Crippen molar-refractivity contribution in [3.05, 3.63) is 84.2 Å². The van der Waals surface area contributed by atoms with Crippen molar-refractivity contribution in [2.45, 2.75) is 12.1 Å². The van der Waals surface area contributed by atoms with E-state index in [9.17, 15) is 24.2 Å². The van der Waals surface area contributed by atoms with E-state index in [1.54, 1.807) is 30.3 Å². The van der Waals surface area contributed by atoms with E-state index in [1.807, 2.05) is 6.07 Å². The Kier molecular flexibility index (Phi) is 4.37. The van der Waals surface area contributed by atoms with Crippen LogP contribution in [0.4, 0.5) is 15.8 Å². The molecule has 2 heterocycles. The van der Waals surface area contributed by atoms with E-state index in [1.165, 1.54) is 41.5 Å². The molecule has 2 aliphatic heterocycles. The minimum Gasteiger partial charge on any atom is -0.504 e. The molecule has 7 nitrogen and oxygen atoms in total. The minimum atomic E-state index is -1.08. The molecular formula is C23H17FN2O5. The number of halogens is 1. The predicted molar refractivity (Wildman–Crippen MR) is 109 cm³/mol. The number of aromatic hydroxyl groups is 2. The third kappa shape index (κ3) is 3.00. The van der Waals surface area contributed by atoms with Crippen LogP contribution in [0.3, 0.4) is 0 Å². The molecule has 2 saturated heterocycles. The van der Waals surface area contributed by atoms with Crippen LogP contribution in [0.25, 0.3) is 0 Å². The van der Waals surface area contributed by atoms with Crippen LogP contribution in [-0.2, 0) is 14.4 Å². The number of carbonyl (C=O) groups excluding carboxylic acids is 2. The highest BCUT2D eigenvalue weighted by molar-refractivity contribution is 6.23. The Labute approximate surface area is 176 Å². The second-order valence-corrected chi connectivity index (χ2v) is 7.39. The third-order valence-electron chi connectivity index (χ3n) is 5.55. The average Bonchev–Trinajstić information content (AvgIpc) is 3.28. The first-order chi connectivity index (χ1) is 15.0. The molecule has 0 aliphatic carbocycles. The van der Waals surface area contributed by atoms with E-state index in [4.69, 9.17) is 4.84 Å². The van der Waals surface area contributed by atoms with Crippen LogP contribution in [-0.4, -0.2) is 28.1 Å². The van der Waals surface area contributed by atoms with E-state index >= 15 is 0 Å². The fraction of sp³-hybridized carbons (Fsp3) is 0.130. The molecule has 3 aromatic rings. The van der Waals surface area contributed by atoms with Gasteiger partial charge in [0.1, 0.15) is 11.7 Å². The van der Waals surface area contributed by atoms with Crippen LogP contribution in [0, 0.1) is 11.7 Å². The summed E-state index contributed by atoms with van der Waals surface area (Å²) in [5.41, 5.74) is 1.38. The van der Waals surface area contributed by atoms with Gasteiger partial charge in [0.25, 0.3) is 5.91 Å². The highest BCUT2D eigenvalue weighted by Gasteiger charge is 2.60. The average molecular weight is 420 g/mol. The lowest BCUT2D eigenvalue weighted by atomic mass is 9.90.